The van der Waals surface area contributed by atoms with Crippen molar-refractivity contribution in [2.24, 2.45) is 5.73 Å². The summed E-state index contributed by atoms with van der Waals surface area (Å²) in [6.07, 6.45) is 2.59. The fourth-order valence-electron chi connectivity index (χ4n) is 2.46. The SMILES string of the molecule is N#Cc1ccccc1NC(=O)CCN1CCC[C@@H](N)C1. The Kier molecular flexibility index (Phi) is 5.10. The molecule has 5 heteroatoms. The van der Waals surface area contributed by atoms with Crippen LogP contribution in [0.4, 0.5) is 5.69 Å². The first-order chi connectivity index (χ1) is 9.69. The second kappa shape index (κ2) is 7.04. The number of hydrogen-bond acceptors (Lipinski definition) is 4. The maximum atomic E-state index is 11.9. The minimum absolute atomic E-state index is 0.0631. The summed E-state index contributed by atoms with van der Waals surface area (Å²) in [5.74, 6) is -0.0631. The first kappa shape index (κ1) is 14.5. The number of nitrogens with one attached hydrogen (secondary N) is 1. The van der Waals surface area contributed by atoms with Crippen LogP contribution in [0, 0.1) is 11.3 Å². The van der Waals surface area contributed by atoms with E-state index in [4.69, 9.17) is 11.0 Å². The minimum Gasteiger partial charge on any atom is -0.327 e. The van der Waals surface area contributed by atoms with Crippen LogP contribution in [-0.2, 0) is 4.79 Å². The monoisotopic (exact) mass is 272 g/mol. The van der Waals surface area contributed by atoms with Gasteiger partial charge in [-0.2, -0.15) is 5.26 Å². The molecule has 5 nitrogen and oxygen atoms in total. The number of rotatable bonds is 4. The van der Waals surface area contributed by atoms with Gasteiger partial charge in [-0.15, -0.1) is 0 Å². The molecule has 1 atom stereocenters. The van der Waals surface area contributed by atoms with Crippen molar-refractivity contribution in [1.29, 1.82) is 5.26 Å². The first-order valence-electron chi connectivity index (χ1n) is 6.96. The highest BCUT2D eigenvalue weighted by Gasteiger charge is 2.17. The van der Waals surface area contributed by atoms with Crippen LogP contribution in [0.25, 0.3) is 0 Å². The van der Waals surface area contributed by atoms with Crippen LogP contribution < -0.4 is 11.1 Å². The summed E-state index contributed by atoms with van der Waals surface area (Å²) in [5.41, 5.74) is 6.98. The minimum atomic E-state index is -0.0631. The fraction of sp³-hybridized carbons (Fsp3) is 0.467. The molecule has 1 heterocycles. The zero-order valence-electron chi connectivity index (χ0n) is 11.5. The van der Waals surface area contributed by atoms with Crippen molar-refractivity contribution in [3.8, 4) is 6.07 Å². The number of carbonyl (C=O) groups excluding carboxylic acids is 1. The van der Waals surface area contributed by atoms with E-state index in [1.165, 1.54) is 0 Å². The molecule has 1 aliphatic rings. The van der Waals surface area contributed by atoms with Crippen LogP contribution >= 0.6 is 0 Å². The Bertz CT molecular complexity index is 509. The molecule has 1 amide bonds. The van der Waals surface area contributed by atoms with Gasteiger partial charge in [0.25, 0.3) is 0 Å². The lowest BCUT2D eigenvalue weighted by Gasteiger charge is -2.30. The summed E-state index contributed by atoms with van der Waals surface area (Å²) in [7, 11) is 0. The van der Waals surface area contributed by atoms with Crippen molar-refractivity contribution in [2.75, 3.05) is 25.0 Å². The number of para-hydroxylation sites is 1. The van der Waals surface area contributed by atoms with Gasteiger partial charge in [0.05, 0.1) is 11.3 Å². The number of nitrogens with two attached hydrogens (primary N) is 1. The summed E-state index contributed by atoms with van der Waals surface area (Å²) in [5, 5.41) is 11.8. The Balaban J connectivity index is 1.82. The third kappa shape index (κ3) is 4.05. The number of benzene rings is 1. The molecule has 0 aliphatic carbocycles. The van der Waals surface area contributed by atoms with E-state index in [1.807, 2.05) is 0 Å². The second-order valence-corrected chi connectivity index (χ2v) is 5.16. The van der Waals surface area contributed by atoms with Crippen LogP contribution in [0.3, 0.4) is 0 Å². The number of hydrogen-bond donors (Lipinski definition) is 2. The van der Waals surface area contributed by atoms with Gasteiger partial charge in [-0.3, -0.25) is 4.79 Å². The number of nitrogens with zero attached hydrogens (tertiary/aromatic N) is 2. The van der Waals surface area contributed by atoms with Gasteiger partial charge in [0, 0.05) is 25.6 Å². The van der Waals surface area contributed by atoms with Crippen molar-refractivity contribution in [3.63, 3.8) is 0 Å². The van der Waals surface area contributed by atoms with E-state index in [0.29, 0.717) is 24.2 Å². The molecule has 0 bridgehead atoms. The molecule has 1 saturated heterocycles. The fourth-order valence-corrected chi connectivity index (χ4v) is 2.46. The number of carbonyl (C=O) groups is 1. The van der Waals surface area contributed by atoms with Gasteiger partial charge in [0.15, 0.2) is 0 Å². The van der Waals surface area contributed by atoms with E-state index in [-0.39, 0.29) is 11.9 Å². The van der Waals surface area contributed by atoms with Crippen LogP contribution in [0.2, 0.25) is 0 Å². The average molecular weight is 272 g/mol. The highest BCUT2D eigenvalue weighted by Crippen LogP contribution is 2.14. The maximum Gasteiger partial charge on any atom is 0.225 e. The number of likely N-dealkylation sites (tertiary alicyclic amines) is 1. The Morgan fingerprint density at radius 2 is 2.30 bits per heavy atom. The van der Waals surface area contributed by atoms with Crippen molar-refractivity contribution >= 4 is 11.6 Å². The van der Waals surface area contributed by atoms with E-state index in [1.54, 1.807) is 24.3 Å². The van der Waals surface area contributed by atoms with Crippen LogP contribution in [0.5, 0.6) is 0 Å². The van der Waals surface area contributed by atoms with Crippen molar-refractivity contribution in [2.45, 2.75) is 25.3 Å². The molecule has 0 aromatic heterocycles. The molecule has 0 unspecified atom stereocenters. The highest BCUT2D eigenvalue weighted by molar-refractivity contribution is 5.92. The lowest BCUT2D eigenvalue weighted by molar-refractivity contribution is -0.116. The highest BCUT2D eigenvalue weighted by atomic mass is 16.1. The molecule has 1 fully saturated rings. The number of piperidine rings is 1. The zero-order chi connectivity index (χ0) is 14.4. The van der Waals surface area contributed by atoms with E-state index >= 15 is 0 Å². The third-order valence-electron chi connectivity index (χ3n) is 3.52. The lowest BCUT2D eigenvalue weighted by Crippen LogP contribution is -2.43. The molecule has 1 aliphatic heterocycles. The lowest BCUT2D eigenvalue weighted by atomic mass is 10.1. The van der Waals surface area contributed by atoms with Crippen molar-refractivity contribution < 1.29 is 4.79 Å². The Labute approximate surface area is 119 Å². The predicted octanol–water partition coefficient (Wildman–Crippen LogP) is 1.31. The van der Waals surface area contributed by atoms with Gasteiger partial charge in [-0.05, 0) is 31.5 Å². The van der Waals surface area contributed by atoms with Crippen LogP contribution in [0.15, 0.2) is 24.3 Å². The summed E-state index contributed by atoms with van der Waals surface area (Å²) in [4.78, 5) is 14.2. The molecule has 1 aromatic carbocycles. The molecule has 3 N–H and O–H groups in total. The Hall–Kier alpha value is -1.90. The number of nitriles is 1. The average Bonchev–Trinajstić information content (AvgIpc) is 2.46. The van der Waals surface area contributed by atoms with Gasteiger partial charge >= 0.3 is 0 Å². The van der Waals surface area contributed by atoms with E-state index in [9.17, 15) is 4.79 Å². The maximum absolute atomic E-state index is 11.9. The molecule has 0 saturated carbocycles. The molecule has 2 rings (SSSR count). The molecular weight excluding hydrogens is 252 g/mol. The zero-order valence-corrected chi connectivity index (χ0v) is 11.5. The summed E-state index contributed by atoms with van der Waals surface area (Å²) < 4.78 is 0. The normalized spacial score (nSPS) is 19.3. The van der Waals surface area contributed by atoms with Gasteiger partial charge in [-0.25, -0.2) is 0 Å². The summed E-state index contributed by atoms with van der Waals surface area (Å²) >= 11 is 0. The molecule has 0 spiro atoms. The summed E-state index contributed by atoms with van der Waals surface area (Å²) in [6.45, 7) is 2.59. The van der Waals surface area contributed by atoms with Crippen molar-refractivity contribution in [3.05, 3.63) is 29.8 Å². The van der Waals surface area contributed by atoms with Crippen LogP contribution in [0.1, 0.15) is 24.8 Å². The van der Waals surface area contributed by atoms with E-state index in [0.717, 1.165) is 25.9 Å². The van der Waals surface area contributed by atoms with E-state index in [2.05, 4.69) is 16.3 Å². The molecule has 20 heavy (non-hydrogen) atoms. The predicted molar refractivity (Wildman–Crippen MR) is 78.1 cm³/mol. The topological polar surface area (TPSA) is 82.2 Å². The third-order valence-corrected chi connectivity index (χ3v) is 3.52. The molecule has 0 radical (unpaired) electrons. The Morgan fingerprint density at radius 1 is 1.50 bits per heavy atom. The molecule has 1 aromatic rings. The van der Waals surface area contributed by atoms with Crippen molar-refractivity contribution in [1.82, 2.24) is 4.90 Å². The van der Waals surface area contributed by atoms with Gasteiger partial charge < -0.3 is 16.0 Å². The first-order valence-corrected chi connectivity index (χ1v) is 6.96. The number of amides is 1. The quantitative estimate of drug-likeness (QED) is 0.865. The van der Waals surface area contributed by atoms with E-state index < -0.39 is 0 Å². The molecule has 106 valence electrons. The van der Waals surface area contributed by atoms with Gasteiger partial charge in [-0.1, -0.05) is 12.1 Å². The largest absolute Gasteiger partial charge is 0.327 e. The van der Waals surface area contributed by atoms with Crippen LogP contribution in [-0.4, -0.2) is 36.5 Å². The van der Waals surface area contributed by atoms with Gasteiger partial charge in [0.2, 0.25) is 5.91 Å². The summed E-state index contributed by atoms with van der Waals surface area (Å²) in [6, 6.07) is 9.32. The number of anilines is 1. The second-order valence-electron chi connectivity index (χ2n) is 5.16. The Morgan fingerprint density at radius 3 is 3.05 bits per heavy atom. The van der Waals surface area contributed by atoms with Gasteiger partial charge in [0.1, 0.15) is 6.07 Å². The smallest absolute Gasteiger partial charge is 0.225 e. The standard InChI is InChI=1S/C15H20N4O/c16-10-12-4-1-2-6-14(12)18-15(20)7-9-19-8-3-5-13(17)11-19/h1-2,4,6,13H,3,5,7-9,11,17H2,(H,18,20)/t13-/m1/s1. The molecular formula is C15H20N4O.